The molecule has 0 aromatic heterocycles. The highest BCUT2D eigenvalue weighted by Gasteiger charge is 2.24. The van der Waals surface area contributed by atoms with E-state index in [-0.39, 0.29) is 6.54 Å². The molecule has 5 nitrogen and oxygen atoms in total. The molecule has 0 aliphatic heterocycles. The number of aliphatic hydroxyl groups is 1. The summed E-state index contributed by atoms with van der Waals surface area (Å²) in [6, 6.07) is 2.52. The number of rotatable bonds is 6. The Morgan fingerprint density at radius 2 is 1.91 bits per heavy atom. The Morgan fingerprint density at radius 3 is 2.52 bits per heavy atom. The molecular formula is C16H22F2N2O3. The topological polar surface area (TPSA) is 78.4 Å². The molecule has 2 amide bonds. The van der Waals surface area contributed by atoms with Gasteiger partial charge in [0, 0.05) is 12.6 Å². The summed E-state index contributed by atoms with van der Waals surface area (Å²) in [6.07, 6.45) is 1.23. The van der Waals surface area contributed by atoms with Gasteiger partial charge in [0.2, 0.25) is 0 Å². The lowest BCUT2D eigenvalue weighted by atomic mass is 9.95. The highest BCUT2D eigenvalue weighted by atomic mass is 19.1. The summed E-state index contributed by atoms with van der Waals surface area (Å²) in [7, 11) is 0. The van der Waals surface area contributed by atoms with E-state index < -0.39 is 34.7 Å². The first-order valence-corrected chi connectivity index (χ1v) is 7.37. The van der Waals surface area contributed by atoms with Crippen LogP contribution in [0.2, 0.25) is 0 Å². The molecule has 0 saturated heterocycles. The van der Waals surface area contributed by atoms with Crippen LogP contribution in [0.3, 0.4) is 0 Å². The monoisotopic (exact) mass is 328 g/mol. The van der Waals surface area contributed by atoms with Crippen molar-refractivity contribution >= 4 is 17.5 Å². The lowest BCUT2D eigenvalue weighted by Gasteiger charge is -2.24. The normalized spacial score (nSPS) is 13.5. The van der Waals surface area contributed by atoms with E-state index in [1.165, 1.54) is 0 Å². The van der Waals surface area contributed by atoms with Crippen LogP contribution >= 0.6 is 0 Å². The van der Waals surface area contributed by atoms with Gasteiger partial charge in [-0.05, 0) is 37.8 Å². The molecule has 0 saturated carbocycles. The molecule has 3 N–H and O–H groups in total. The Labute approximate surface area is 134 Å². The second-order valence-electron chi connectivity index (χ2n) is 6.19. The number of hydrogen-bond acceptors (Lipinski definition) is 3. The summed E-state index contributed by atoms with van der Waals surface area (Å²) in [5.74, 6) is -3.35. The number of nitrogens with one attached hydrogen (secondary N) is 2. The highest BCUT2D eigenvalue weighted by molar-refractivity contribution is 6.39. The van der Waals surface area contributed by atoms with E-state index in [4.69, 9.17) is 0 Å². The molecule has 23 heavy (non-hydrogen) atoms. The van der Waals surface area contributed by atoms with Crippen molar-refractivity contribution in [2.45, 2.75) is 39.2 Å². The Hall–Kier alpha value is -2.02. The molecule has 128 valence electrons. The van der Waals surface area contributed by atoms with Crippen molar-refractivity contribution in [3.63, 3.8) is 0 Å². The Bertz CT molecular complexity index is 574. The van der Waals surface area contributed by atoms with Gasteiger partial charge in [-0.2, -0.15) is 0 Å². The molecule has 0 unspecified atom stereocenters. The van der Waals surface area contributed by atoms with Crippen LogP contribution in [0.4, 0.5) is 14.5 Å². The fourth-order valence-electron chi connectivity index (χ4n) is 1.81. The van der Waals surface area contributed by atoms with E-state index in [0.717, 1.165) is 24.6 Å². The summed E-state index contributed by atoms with van der Waals surface area (Å²) >= 11 is 0. The maximum atomic E-state index is 13.4. The number of carbonyl (C=O) groups excluding carboxylic acids is 2. The molecule has 0 aliphatic rings. The number of anilines is 1. The lowest BCUT2D eigenvalue weighted by molar-refractivity contribution is -0.136. The number of hydrogen-bond donors (Lipinski definition) is 3. The SMILES string of the molecule is CC(C)CC[C@](C)(O)CNC(=O)C(=O)Nc1cc(F)ccc1F. The van der Waals surface area contributed by atoms with Gasteiger partial charge in [-0.1, -0.05) is 13.8 Å². The number of halogens is 2. The summed E-state index contributed by atoms with van der Waals surface area (Å²) < 4.78 is 26.4. The molecule has 7 heteroatoms. The zero-order valence-electron chi connectivity index (χ0n) is 13.5. The molecule has 1 aromatic rings. The van der Waals surface area contributed by atoms with E-state index in [2.05, 4.69) is 5.32 Å². The van der Waals surface area contributed by atoms with Gasteiger partial charge in [0.1, 0.15) is 11.6 Å². The minimum Gasteiger partial charge on any atom is -0.388 e. The smallest absolute Gasteiger partial charge is 0.313 e. The Morgan fingerprint density at radius 1 is 1.26 bits per heavy atom. The molecule has 1 aromatic carbocycles. The summed E-state index contributed by atoms with van der Waals surface area (Å²) in [5, 5.41) is 14.4. The zero-order valence-corrected chi connectivity index (χ0v) is 13.5. The quantitative estimate of drug-likeness (QED) is 0.701. The zero-order chi connectivity index (χ0) is 17.6. The van der Waals surface area contributed by atoms with Crippen LogP contribution < -0.4 is 10.6 Å². The van der Waals surface area contributed by atoms with E-state index in [9.17, 15) is 23.5 Å². The minimum absolute atomic E-state index is 0.113. The molecule has 0 radical (unpaired) electrons. The summed E-state index contributed by atoms with van der Waals surface area (Å²) in [5.41, 5.74) is -1.57. The van der Waals surface area contributed by atoms with Gasteiger partial charge in [-0.25, -0.2) is 8.78 Å². The predicted molar refractivity (Wildman–Crippen MR) is 82.7 cm³/mol. The fraction of sp³-hybridized carbons (Fsp3) is 0.500. The van der Waals surface area contributed by atoms with Crippen molar-refractivity contribution in [3.8, 4) is 0 Å². The highest BCUT2D eigenvalue weighted by Crippen LogP contribution is 2.16. The van der Waals surface area contributed by atoms with Crippen molar-refractivity contribution in [1.82, 2.24) is 5.32 Å². The van der Waals surface area contributed by atoms with Crippen molar-refractivity contribution in [1.29, 1.82) is 0 Å². The van der Waals surface area contributed by atoms with E-state index >= 15 is 0 Å². The first-order chi connectivity index (χ1) is 10.6. The fourth-order valence-corrected chi connectivity index (χ4v) is 1.81. The van der Waals surface area contributed by atoms with Gasteiger partial charge in [0.25, 0.3) is 0 Å². The Kier molecular flexibility index (Phi) is 6.62. The van der Waals surface area contributed by atoms with Crippen molar-refractivity contribution < 1.29 is 23.5 Å². The first-order valence-electron chi connectivity index (χ1n) is 7.37. The minimum atomic E-state index is -1.15. The summed E-state index contributed by atoms with van der Waals surface area (Å²) in [6.45, 7) is 5.46. The maximum absolute atomic E-state index is 13.4. The molecule has 0 heterocycles. The van der Waals surface area contributed by atoms with Gasteiger partial charge in [-0.3, -0.25) is 9.59 Å². The average molecular weight is 328 g/mol. The van der Waals surface area contributed by atoms with Crippen LogP contribution in [0.1, 0.15) is 33.6 Å². The standard InChI is InChI=1S/C16H22F2N2O3/c1-10(2)6-7-16(3,23)9-19-14(21)15(22)20-13-8-11(17)4-5-12(13)18/h4-5,8,10,23H,6-7,9H2,1-3H3,(H,19,21)(H,20,22)/t16-/m0/s1. The molecule has 0 bridgehead atoms. The molecule has 0 aliphatic carbocycles. The van der Waals surface area contributed by atoms with E-state index in [1.807, 2.05) is 19.2 Å². The molecule has 0 spiro atoms. The van der Waals surface area contributed by atoms with Crippen molar-refractivity contribution in [2.75, 3.05) is 11.9 Å². The van der Waals surface area contributed by atoms with Gasteiger partial charge in [0.05, 0.1) is 11.3 Å². The van der Waals surface area contributed by atoms with Gasteiger partial charge in [0.15, 0.2) is 0 Å². The first kappa shape index (κ1) is 19.0. The number of carbonyl (C=O) groups is 2. The second kappa shape index (κ2) is 8.01. The van der Waals surface area contributed by atoms with E-state index in [1.54, 1.807) is 6.92 Å². The van der Waals surface area contributed by atoms with Crippen LogP contribution in [0, 0.1) is 17.6 Å². The van der Waals surface area contributed by atoms with Crippen LogP contribution in [0.25, 0.3) is 0 Å². The summed E-state index contributed by atoms with van der Waals surface area (Å²) in [4.78, 5) is 23.3. The molecule has 1 atom stereocenters. The van der Waals surface area contributed by atoms with E-state index in [0.29, 0.717) is 12.3 Å². The largest absolute Gasteiger partial charge is 0.388 e. The third-order valence-electron chi connectivity index (χ3n) is 3.27. The molecular weight excluding hydrogens is 306 g/mol. The Balaban J connectivity index is 2.54. The van der Waals surface area contributed by atoms with Gasteiger partial charge in [-0.15, -0.1) is 0 Å². The maximum Gasteiger partial charge on any atom is 0.313 e. The van der Waals surface area contributed by atoms with Crippen LogP contribution in [0.5, 0.6) is 0 Å². The lowest BCUT2D eigenvalue weighted by Crippen LogP contribution is -2.44. The molecule has 0 fully saturated rings. The third-order valence-corrected chi connectivity index (χ3v) is 3.27. The van der Waals surface area contributed by atoms with Crippen LogP contribution in [-0.2, 0) is 9.59 Å². The third kappa shape index (κ3) is 6.73. The van der Waals surface area contributed by atoms with Gasteiger partial charge >= 0.3 is 11.8 Å². The average Bonchev–Trinajstić information content (AvgIpc) is 2.46. The molecule has 1 rings (SSSR count). The number of amides is 2. The van der Waals surface area contributed by atoms with Crippen LogP contribution in [0.15, 0.2) is 18.2 Å². The van der Waals surface area contributed by atoms with Crippen molar-refractivity contribution in [2.24, 2.45) is 5.92 Å². The number of benzene rings is 1. The van der Waals surface area contributed by atoms with Crippen molar-refractivity contribution in [3.05, 3.63) is 29.8 Å². The van der Waals surface area contributed by atoms with Crippen LogP contribution in [-0.4, -0.2) is 29.1 Å². The second-order valence-corrected chi connectivity index (χ2v) is 6.19. The predicted octanol–water partition coefficient (Wildman–Crippen LogP) is 2.21. The van der Waals surface area contributed by atoms with Gasteiger partial charge < -0.3 is 15.7 Å².